The van der Waals surface area contributed by atoms with Crippen molar-refractivity contribution in [3.8, 4) is 44.3 Å². The van der Waals surface area contributed by atoms with Crippen LogP contribution in [0.25, 0.3) is 32.8 Å². The quantitative estimate of drug-likeness (QED) is 0.0462. The lowest BCUT2D eigenvalue weighted by atomic mass is 9.85. The minimum absolute atomic E-state index is 0.0209. The Morgan fingerprint density at radius 2 is 1.63 bits per heavy atom. The van der Waals surface area contributed by atoms with Crippen LogP contribution in [0.15, 0.2) is 60.1 Å². The molecule has 7 rings (SSSR count). The molecule has 382 valence electrons. The molecule has 0 radical (unpaired) electrons. The van der Waals surface area contributed by atoms with Crippen molar-refractivity contribution in [3.63, 3.8) is 0 Å². The minimum Gasteiger partial charge on any atom is -0.507 e. The third-order valence-electron chi connectivity index (χ3n) is 13.2. The lowest BCUT2D eigenvalue weighted by Crippen LogP contribution is -2.59. The maximum absolute atomic E-state index is 14.6. The average Bonchev–Trinajstić information content (AvgIpc) is 3.55. The molecule has 2 fully saturated rings. The summed E-state index contributed by atoms with van der Waals surface area (Å²) in [6.45, 7) is 13.1. The molecule has 0 unspecified atom stereocenters. The third-order valence-corrected chi connectivity index (χ3v) is 14.6. The van der Waals surface area contributed by atoms with Crippen LogP contribution in [0.5, 0.6) is 11.5 Å². The number of likely N-dealkylation sites (tertiary alicyclic amines) is 1. The van der Waals surface area contributed by atoms with Gasteiger partial charge in [-0.05, 0) is 111 Å². The van der Waals surface area contributed by atoms with E-state index in [-0.39, 0.29) is 44.7 Å². The number of aliphatic hydroxyl groups is 1. The fraction of sp³-hybridized carbons (Fsp3) is 0.500. The van der Waals surface area contributed by atoms with Crippen LogP contribution < -0.4 is 15.4 Å². The van der Waals surface area contributed by atoms with Crippen molar-refractivity contribution in [1.82, 2.24) is 30.3 Å². The number of unbranched alkanes of at least 4 members (excludes halogenated alkanes) is 3. The molecule has 1 aliphatic carbocycles. The Morgan fingerprint density at radius 3 is 2.31 bits per heavy atom. The van der Waals surface area contributed by atoms with E-state index in [1.807, 2.05) is 76.3 Å². The number of hydrogen-bond acceptors (Lipinski definition) is 11. The van der Waals surface area contributed by atoms with Gasteiger partial charge in [-0.2, -0.15) is 5.10 Å². The molecular formula is C54H68ClFN6O8S. The van der Waals surface area contributed by atoms with Gasteiger partial charge in [0.25, 0.3) is 5.91 Å². The highest BCUT2D eigenvalue weighted by Gasteiger charge is 2.53. The number of halogens is 2. The number of carbonyl (C=O) groups is 3. The predicted octanol–water partition coefficient (Wildman–Crippen LogP) is 8.99. The van der Waals surface area contributed by atoms with Gasteiger partial charge in [0.15, 0.2) is 5.67 Å². The third kappa shape index (κ3) is 13.4. The zero-order chi connectivity index (χ0) is 51.0. The highest BCUT2D eigenvalue weighted by molar-refractivity contribution is 7.13. The van der Waals surface area contributed by atoms with Gasteiger partial charge in [-0.15, -0.1) is 11.3 Å². The van der Waals surface area contributed by atoms with Crippen molar-refractivity contribution in [1.29, 1.82) is 0 Å². The molecule has 4 N–H and O–H groups in total. The van der Waals surface area contributed by atoms with Crippen LogP contribution in [0.4, 0.5) is 4.39 Å². The van der Waals surface area contributed by atoms with Gasteiger partial charge in [0.1, 0.15) is 30.2 Å². The second kappa shape index (κ2) is 23.4. The van der Waals surface area contributed by atoms with E-state index in [4.69, 9.17) is 25.8 Å². The number of aromatic nitrogens is 3. The molecule has 17 heteroatoms. The number of nitrogens with one attached hydrogen (secondary N) is 2. The van der Waals surface area contributed by atoms with Gasteiger partial charge < -0.3 is 40.0 Å². The lowest BCUT2D eigenvalue weighted by Gasteiger charge is -2.35. The number of hydrogen-bond donors (Lipinski definition) is 4. The number of benzene rings is 3. The largest absolute Gasteiger partial charge is 0.507 e. The molecule has 5 aromatic rings. The number of aromatic hydroxyl groups is 1. The molecule has 0 bridgehead atoms. The highest BCUT2D eigenvalue weighted by atomic mass is 35.5. The molecule has 3 atom stereocenters. The number of amides is 3. The summed E-state index contributed by atoms with van der Waals surface area (Å²) >= 11 is 7.89. The van der Waals surface area contributed by atoms with E-state index >= 15 is 0 Å². The van der Waals surface area contributed by atoms with Gasteiger partial charge in [0.2, 0.25) is 11.8 Å². The van der Waals surface area contributed by atoms with Crippen molar-refractivity contribution in [2.75, 3.05) is 39.6 Å². The van der Waals surface area contributed by atoms with Crippen molar-refractivity contribution < 1.29 is 43.2 Å². The Labute approximate surface area is 425 Å². The average molecular weight is 1020 g/mol. The summed E-state index contributed by atoms with van der Waals surface area (Å²) in [6.07, 6.45) is 3.99. The minimum atomic E-state index is -1.97. The van der Waals surface area contributed by atoms with Crippen LogP contribution in [0, 0.1) is 26.2 Å². The molecule has 3 aromatic carbocycles. The van der Waals surface area contributed by atoms with E-state index in [9.17, 15) is 29.0 Å². The SMILES string of the molecule is Cc1cc(-c2ccc(CCCCCCOCCOCCOc3cc(-c4scnc4C)ccc3CNC(=O)[C@@H]3C[C@@H](O)CN3C(=O)[C@@H](NC(=O)C3(F)CC3)C(C)(C)C)c(-c3ccc(Cl)c(C)c3)c2O)n(C)n1. The molecule has 14 nitrogen and oxygen atoms in total. The van der Waals surface area contributed by atoms with Crippen molar-refractivity contribution >= 4 is 40.7 Å². The van der Waals surface area contributed by atoms with E-state index in [0.29, 0.717) is 42.8 Å². The first-order chi connectivity index (χ1) is 33.8. The Morgan fingerprint density at radius 1 is 0.930 bits per heavy atom. The van der Waals surface area contributed by atoms with Crippen LogP contribution in [-0.4, -0.2) is 111 Å². The van der Waals surface area contributed by atoms with Crippen LogP contribution in [0.3, 0.4) is 0 Å². The molecule has 1 saturated heterocycles. The Bertz CT molecular complexity index is 2680. The second-order valence-electron chi connectivity index (χ2n) is 19.9. The number of aliphatic hydroxyl groups excluding tert-OH is 1. The molecule has 1 aliphatic heterocycles. The summed E-state index contributed by atoms with van der Waals surface area (Å²) in [5.41, 5.74) is 7.80. The lowest BCUT2D eigenvalue weighted by molar-refractivity contribution is -0.145. The maximum atomic E-state index is 14.6. The first kappa shape index (κ1) is 53.4. The first-order valence-electron chi connectivity index (χ1n) is 24.5. The molecule has 3 heterocycles. The van der Waals surface area contributed by atoms with E-state index in [1.165, 1.54) is 16.2 Å². The maximum Gasteiger partial charge on any atom is 0.258 e. The second-order valence-corrected chi connectivity index (χ2v) is 21.2. The number of phenols is 1. The normalized spacial score (nSPS) is 16.8. The van der Waals surface area contributed by atoms with Gasteiger partial charge in [-0.25, -0.2) is 9.37 Å². The van der Waals surface area contributed by atoms with Gasteiger partial charge in [-0.3, -0.25) is 19.1 Å². The van der Waals surface area contributed by atoms with Crippen LogP contribution in [0.2, 0.25) is 5.02 Å². The summed E-state index contributed by atoms with van der Waals surface area (Å²) < 4.78 is 34.4. The molecule has 0 spiro atoms. The highest BCUT2D eigenvalue weighted by Crippen LogP contribution is 2.43. The van der Waals surface area contributed by atoms with Gasteiger partial charge in [0, 0.05) is 54.9 Å². The number of ether oxygens (including phenoxy) is 3. The number of phenolic OH excluding ortho intramolecular Hbond substituents is 1. The number of alkyl halides is 1. The van der Waals surface area contributed by atoms with E-state index < -0.39 is 47.0 Å². The van der Waals surface area contributed by atoms with Crippen LogP contribution in [-0.2, 0) is 43.9 Å². The first-order valence-corrected chi connectivity index (χ1v) is 25.8. The summed E-state index contributed by atoms with van der Waals surface area (Å²) in [5.74, 6) is -1.05. The van der Waals surface area contributed by atoms with Crippen molar-refractivity contribution in [3.05, 3.63) is 93.2 Å². The zero-order valence-electron chi connectivity index (χ0n) is 41.9. The standard InChI is InChI=1S/C54H68ClFN6O8S/c1-33-26-37(16-18-42(33)55)46-36(15-17-41(47(46)64)43-27-34(2)60-61(43)7)12-10-8-9-11-21-68-22-23-69-24-25-70-45-28-38(48-35(3)58-32-71-48)13-14-39(45)30-57-50(65)44-29-40(63)31-62(44)51(66)49(53(4,5)6)59-52(67)54(56)19-20-54/h13-18,26-28,32,40,44,49,63-64H,8-12,19-25,29-31H2,1-7H3,(H,57,65)(H,59,67)/t40-,44+,49-/m1/s1. The predicted molar refractivity (Wildman–Crippen MR) is 274 cm³/mol. The Kier molecular flexibility index (Phi) is 17.6. The molecule has 71 heavy (non-hydrogen) atoms. The smallest absolute Gasteiger partial charge is 0.258 e. The Hall–Kier alpha value is -5.39. The summed E-state index contributed by atoms with van der Waals surface area (Å²) in [4.78, 5) is 47.1. The van der Waals surface area contributed by atoms with Crippen molar-refractivity contribution in [2.24, 2.45) is 12.5 Å². The number of thiazole rings is 1. The monoisotopic (exact) mass is 1010 g/mol. The number of rotatable bonds is 23. The van der Waals surface area contributed by atoms with Crippen molar-refractivity contribution in [2.45, 2.75) is 123 Å². The van der Waals surface area contributed by atoms with E-state index in [2.05, 4.69) is 26.8 Å². The fourth-order valence-electron chi connectivity index (χ4n) is 9.01. The summed E-state index contributed by atoms with van der Waals surface area (Å²) in [6, 6.07) is 15.6. The molecule has 3 amide bonds. The van der Waals surface area contributed by atoms with Gasteiger partial charge in [-0.1, -0.05) is 69.5 Å². The van der Waals surface area contributed by atoms with Gasteiger partial charge >= 0.3 is 0 Å². The fourth-order valence-corrected chi connectivity index (χ4v) is 9.93. The topological polar surface area (TPSA) is 177 Å². The Balaban J connectivity index is 0.855. The van der Waals surface area contributed by atoms with Crippen LogP contribution in [0.1, 0.15) is 93.8 Å². The van der Waals surface area contributed by atoms with Gasteiger partial charge in [0.05, 0.1) is 53.4 Å². The molecule has 2 aliphatic rings. The molecular weight excluding hydrogens is 947 g/mol. The zero-order valence-corrected chi connectivity index (χ0v) is 43.5. The van der Waals surface area contributed by atoms with E-state index in [1.54, 1.807) is 31.0 Å². The molecule has 1 saturated carbocycles. The summed E-state index contributed by atoms with van der Waals surface area (Å²) in [5, 5.41) is 33.0. The number of β-amino-alcohol motifs (C(OH)–C–C–N with tert-alkyl or cyclic N) is 1. The summed E-state index contributed by atoms with van der Waals surface area (Å²) in [7, 11) is 1.88. The van der Waals surface area contributed by atoms with E-state index in [0.717, 1.165) is 87.4 Å². The number of aryl methyl sites for hydroxylation is 5. The number of carbonyl (C=O) groups excluding carboxylic acids is 3. The number of nitrogens with zero attached hydrogens (tertiary/aromatic N) is 4. The van der Waals surface area contributed by atoms with Crippen LogP contribution >= 0.6 is 22.9 Å². The molecule has 2 aromatic heterocycles.